The van der Waals surface area contributed by atoms with Gasteiger partial charge in [0.2, 0.25) is 0 Å². The Labute approximate surface area is 144 Å². The molecule has 5 rings (SSSR count). The zero-order valence-electron chi connectivity index (χ0n) is 13.4. The van der Waals surface area contributed by atoms with E-state index in [1.165, 1.54) is 0 Å². The molecule has 0 saturated carbocycles. The Morgan fingerprint density at radius 1 is 0.520 bits per heavy atom. The van der Waals surface area contributed by atoms with Gasteiger partial charge in [0.05, 0.1) is 0 Å². The molecule has 118 valence electrons. The Kier molecular flexibility index (Phi) is 3.00. The van der Waals surface area contributed by atoms with Gasteiger partial charge in [-0.3, -0.25) is 0 Å². The first-order valence-corrected chi connectivity index (χ1v) is 8.16. The van der Waals surface area contributed by atoms with Crippen molar-refractivity contribution in [2.75, 3.05) is 0 Å². The molecule has 0 saturated heterocycles. The first-order valence-electron chi connectivity index (χ1n) is 8.16. The molecule has 1 aliphatic heterocycles. The summed E-state index contributed by atoms with van der Waals surface area (Å²) in [6.45, 7) is 0. The summed E-state index contributed by atoms with van der Waals surface area (Å²) in [4.78, 5) is 13.5. The van der Waals surface area contributed by atoms with Crippen molar-refractivity contribution in [1.29, 1.82) is 0 Å². The molecule has 2 radical (unpaired) electrons. The van der Waals surface area contributed by atoms with Crippen LogP contribution in [0.4, 0.5) is 0 Å². The maximum atomic E-state index is 6.15. The van der Waals surface area contributed by atoms with Gasteiger partial charge < -0.3 is 19.9 Å². The minimum atomic E-state index is 0.725. The van der Waals surface area contributed by atoms with E-state index in [4.69, 9.17) is 7.85 Å². The van der Waals surface area contributed by atoms with Crippen molar-refractivity contribution in [2.45, 2.75) is 0 Å². The van der Waals surface area contributed by atoms with Gasteiger partial charge >= 0.3 is 0 Å². The van der Waals surface area contributed by atoms with Crippen LogP contribution in [0.5, 0.6) is 0 Å². The predicted molar refractivity (Wildman–Crippen MR) is 101 cm³/mol. The molecule has 0 spiro atoms. The van der Waals surface area contributed by atoms with Crippen molar-refractivity contribution in [3.05, 3.63) is 86.6 Å². The molecule has 0 aliphatic carbocycles. The third kappa shape index (κ3) is 2.70. The van der Waals surface area contributed by atoms with E-state index in [0.29, 0.717) is 0 Å². The fourth-order valence-electron chi connectivity index (χ4n) is 3.16. The lowest BCUT2D eigenvalue weighted by molar-refractivity contribution is 1.23. The molecule has 0 unspecified atom stereocenters. The monoisotopic (exact) mass is 322 g/mol. The number of rotatable bonds is 0. The molecule has 4 nitrogen and oxygen atoms in total. The molecule has 1 aliphatic rings. The van der Waals surface area contributed by atoms with Gasteiger partial charge in [0.15, 0.2) is 0 Å². The lowest BCUT2D eigenvalue weighted by Gasteiger charge is -1.89. The highest BCUT2D eigenvalue weighted by molar-refractivity contribution is 6.32. The molecule has 0 aromatic carbocycles. The maximum Gasteiger partial charge on any atom is 0.116 e. The summed E-state index contributed by atoms with van der Waals surface area (Å²) >= 11 is 0. The molecule has 4 aromatic rings. The van der Waals surface area contributed by atoms with Gasteiger partial charge in [0.1, 0.15) is 7.85 Å². The molecule has 25 heavy (non-hydrogen) atoms. The third-order valence-corrected chi connectivity index (χ3v) is 4.33. The number of H-pyrrole nitrogens is 4. The summed E-state index contributed by atoms with van der Waals surface area (Å²) in [7, 11) is 6.15. The molecule has 0 fully saturated rings. The van der Waals surface area contributed by atoms with E-state index in [1.54, 1.807) is 0 Å². The Balaban J connectivity index is 1.81. The molecule has 0 amide bonds. The van der Waals surface area contributed by atoms with Crippen LogP contribution in [-0.2, 0) is 0 Å². The summed E-state index contributed by atoms with van der Waals surface area (Å²) in [5.41, 5.74) is 4.82. The standard InChI is InChI=1S/C20H15BN4/c21-19-10-18-9-16-4-3-14(23-16)7-12-1-2-13(22-12)8-15-5-6-17(24-15)11-20(19)25-18/h1-11,22-25H. The summed E-state index contributed by atoms with van der Waals surface area (Å²) in [6.07, 6.45) is 8.23. The number of aromatic amines is 4. The van der Waals surface area contributed by atoms with Gasteiger partial charge in [-0.15, -0.1) is 0 Å². The summed E-state index contributed by atoms with van der Waals surface area (Å²) in [5.74, 6) is 0. The summed E-state index contributed by atoms with van der Waals surface area (Å²) < 4.78 is 0. The van der Waals surface area contributed by atoms with Crippen molar-refractivity contribution in [2.24, 2.45) is 0 Å². The van der Waals surface area contributed by atoms with E-state index >= 15 is 0 Å². The maximum absolute atomic E-state index is 6.15. The second-order valence-corrected chi connectivity index (χ2v) is 6.28. The van der Waals surface area contributed by atoms with Gasteiger partial charge in [-0.05, 0) is 66.8 Å². The molecule has 8 bridgehead atoms. The minimum Gasteiger partial charge on any atom is -0.356 e. The van der Waals surface area contributed by atoms with E-state index in [2.05, 4.69) is 62.4 Å². The van der Waals surface area contributed by atoms with Gasteiger partial charge in [0.25, 0.3) is 0 Å². The lowest BCUT2D eigenvalue weighted by Crippen LogP contribution is -2.23. The summed E-state index contributed by atoms with van der Waals surface area (Å²) in [6, 6.07) is 14.3. The summed E-state index contributed by atoms with van der Waals surface area (Å²) in [5, 5.41) is 3.96. The fourth-order valence-corrected chi connectivity index (χ4v) is 3.16. The van der Waals surface area contributed by atoms with Crippen LogP contribution < -0.4 is 26.9 Å². The third-order valence-electron chi connectivity index (χ3n) is 4.33. The van der Waals surface area contributed by atoms with Crippen molar-refractivity contribution in [1.82, 2.24) is 19.9 Å². The van der Waals surface area contributed by atoms with E-state index in [-0.39, 0.29) is 0 Å². The smallest absolute Gasteiger partial charge is 0.116 e. The number of aromatic nitrogens is 4. The van der Waals surface area contributed by atoms with Crippen LogP contribution in [-0.4, -0.2) is 27.8 Å². The van der Waals surface area contributed by atoms with Gasteiger partial charge in [-0.1, -0.05) is 5.46 Å². The largest absolute Gasteiger partial charge is 0.356 e. The molecule has 4 N–H and O–H groups in total. The average molecular weight is 322 g/mol. The first-order chi connectivity index (χ1) is 12.2. The van der Waals surface area contributed by atoms with E-state index < -0.39 is 0 Å². The van der Waals surface area contributed by atoms with Gasteiger partial charge in [-0.2, -0.15) is 0 Å². The highest BCUT2D eigenvalue weighted by atomic mass is 14.8. The van der Waals surface area contributed by atoms with Crippen molar-refractivity contribution in [3.63, 3.8) is 0 Å². The molecular weight excluding hydrogens is 307 g/mol. The SMILES string of the molecule is [B]c1cc2[nH]c1=Cc1ccc([nH]1)C=c1ccc([nH]1)=Cc1ccc([nH]1)C=2. The second-order valence-electron chi connectivity index (χ2n) is 6.28. The van der Waals surface area contributed by atoms with Crippen LogP contribution >= 0.6 is 0 Å². The second kappa shape index (κ2) is 5.35. The van der Waals surface area contributed by atoms with Crippen LogP contribution in [0.3, 0.4) is 0 Å². The number of nitrogens with one attached hydrogen (secondary N) is 4. The minimum absolute atomic E-state index is 0.725. The average Bonchev–Trinajstić information content (AvgIpc) is 3.33. The van der Waals surface area contributed by atoms with Crippen molar-refractivity contribution < 1.29 is 0 Å². The quantitative estimate of drug-likeness (QED) is 0.276. The van der Waals surface area contributed by atoms with E-state index in [1.807, 2.05) is 24.3 Å². The molecule has 5 heterocycles. The van der Waals surface area contributed by atoms with E-state index in [0.717, 1.165) is 49.6 Å². The van der Waals surface area contributed by atoms with Crippen LogP contribution in [0.25, 0.3) is 24.3 Å². The van der Waals surface area contributed by atoms with Crippen LogP contribution in [0.15, 0.2) is 42.5 Å². The predicted octanol–water partition coefficient (Wildman–Crippen LogP) is -0.579. The van der Waals surface area contributed by atoms with Crippen LogP contribution in [0, 0.1) is 0 Å². The number of hydrogen-bond acceptors (Lipinski definition) is 0. The lowest BCUT2D eigenvalue weighted by atomic mass is 9.98. The van der Waals surface area contributed by atoms with E-state index in [9.17, 15) is 0 Å². The molecule has 0 atom stereocenters. The number of hydrogen-bond donors (Lipinski definition) is 4. The zero-order valence-corrected chi connectivity index (χ0v) is 13.4. The fraction of sp³-hybridized carbons (Fsp3) is 0. The van der Waals surface area contributed by atoms with Crippen LogP contribution in [0.2, 0.25) is 0 Å². The topological polar surface area (TPSA) is 63.2 Å². The zero-order chi connectivity index (χ0) is 16.8. The number of fused-ring (bicyclic) bond motifs is 8. The Hall–Kier alpha value is -3.34. The van der Waals surface area contributed by atoms with Crippen LogP contribution in [0.1, 0.15) is 22.8 Å². The molecule has 4 aromatic heterocycles. The highest BCUT2D eigenvalue weighted by Gasteiger charge is 1.99. The Morgan fingerprint density at radius 2 is 1.04 bits per heavy atom. The molecule has 5 heteroatoms. The highest BCUT2D eigenvalue weighted by Crippen LogP contribution is 2.04. The Morgan fingerprint density at radius 3 is 1.64 bits per heavy atom. The van der Waals surface area contributed by atoms with Gasteiger partial charge in [-0.25, -0.2) is 0 Å². The van der Waals surface area contributed by atoms with Crippen molar-refractivity contribution >= 4 is 37.6 Å². The van der Waals surface area contributed by atoms with Gasteiger partial charge in [0, 0.05) is 44.2 Å². The normalized spacial score (nSPS) is 12.6. The molecular formula is C20H15BN4. The Bertz CT molecular complexity index is 1310. The van der Waals surface area contributed by atoms with Crippen molar-refractivity contribution in [3.8, 4) is 0 Å². The first kappa shape index (κ1) is 14.0.